The number of rotatable bonds is 5. The van der Waals surface area contributed by atoms with Crippen LogP contribution in [0.3, 0.4) is 0 Å². The van der Waals surface area contributed by atoms with Crippen LogP contribution in [0.4, 0.5) is 5.82 Å². The van der Waals surface area contributed by atoms with E-state index in [1.807, 2.05) is 19.9 Å². The Morgan fingerprint density at radius 2 is 2.11 bits per heavy atom. The third-order valence-corrected chi connectivity index (χ3v) is 3.09. The summed E-state index contributed by atoms with van der Waals surface area (Å²) in [6, 6.07) is 4.67. The van der Waals surface area contributed by atoms with E-state index in [2.05, 4.69) is 42.2 Å². The van der Waals surface area contributed by atoms with Crippen molar-refractivity contribution in [1.29, 1.82) is 5.26 Å². The van der Waals surface area contributed by atoms with Gasteiger partial charge in [-0.15, -0.1) is 0 Å². The first-order chi connectivity index (χ1) is 8.45. The van der Waals surface area contributed by atoms with Gasteiger partial charge in [0.1, 0.15) is 11.9 Å². The topological polar surface area (TPSA) is 52.0 Å². The van der Waals surface area contributed by atoms with Crippen LogP contribution >= 0.6 is 0 Å². The van der Waals surface area contributed by atoms with E-state index in [9.17, 15) is 0 Å². The lowest BCUT2D eigenvalue weighted by atomic mass is 10.1. The summed E-state index contributed by atoms with van der Waals surface area (Å²) in [6.45, 7) is 9.93. The summed E-state index contributed by atoms with van der Waals surface area (Å²) in [7, 11) is 2.09. The molecule has 0 saturated carbocycles. The molecule has 0 radical (unpaired) electrons. The van der Waals surface area contributed by atoms with Gasteiger partial charge in [0, 0.05) is 24.8 Å². The Kier molecular flexibility index (Phi) is 5.11. The zero-order chi connectivity index (χ0) is 13.7. The molecule has 0 aliphatic heterocycles. The van der Waals surface area contributed by atoms with Gasteiger partial charge in [0.15, 0.2) is 0 Å². The molecule has 0 atom stereocenters. The number of nitrogens with zero attached hydrogens (tertiary/aromatic N) is 3. The molecule has 0 amide bonds. The van der Waals surface area contributed by atoms with Crippen LogP contribution in [0.2, 0.25) is 0 Å². The second kappa shape index (κ2) is 6.36. The Balaban J connectivity index is 2.71. The SMILES string of the molecule is Cc1cc(C)c(C#N)c(NCCN(C)C(C)C)n1. The number of nitriles is 1. The molecular weight excluding hydrogens is 224 g/mol. The fraction of sp³-hybridized carbons (Fsp3) is 0.571. The molecular formula is C14H22N4. The molecule has 1 N–H and O–H groups in total. The highest BCUT2D eigenvalue weighted by Crippen LogP contribution is 2.17. The molecule has 0 unspecified atom stereocenters. The van der Waals surface area contributed by atoms with E-state index in [1.54, 1.807) is 0 Å². The van der Waals surface area contributed by atoms with E-state index in [0.717, 1.165) is 24.3 Å². The van der Waals surface area contributed by atoms with E-state index in [-0.39, 0.29) is 0 Å². The van der Waals surface area contributed by atoms with Crippen LogP contribution in [-0.4, -0.2) is 36.1 Å². The van der Waals surface area contributed by atoms with Crippen LogP contribution in [-0.2, 0) is 0 Å². The van der Waals surface area contributed by atoms with Crippen molar-refractivity contribution in [2.24, 2.45) is 0 Å². The summed E-state index contributed by atoms with van der Waals surface area (Å²) in [6.07, 6.45) is 0. The second-order valence-corrected chi connectivity index (χ2v) is 4.92. The Labute approximate surface area is 110 Å². The number of pyridine rings is 1. The van der Waals surface area contributed by atoms with Gasteiger partial charge >= 0.3 is 0 Å². The minimum atomic E-state index is 0.523. The van der Waals surface area contributed by atoms with Gasteiger partial charge in [-0.25, -0.2) is 4.98 Å². The molecule has 1 rings (SSSR count). The van der Waals surface area contributed by atoms with Gasteiger partial charge in [-0.3, -0.25) is 0 Å². The maximum absolute atomic E-state index is 9.15. The zero-order valence-corrected chi connectivity index (χ0v) is 11.9. The van der Waals surface area contributed by atoms with Crippen LogP contribution < -0.4 is 5.32 Å². The maximum Gasteiger partial charge on any atom is 0.144 e. The number of likely N-dealkylation sites (N-methyl/N-ethyl adjacent to an activating group) is 1. The zero-order valence-electron chi connectivity index (χ0n) is 11.9. The average Bonchev–Trinajstić information content (AvgIpc) is 2.28. The molecule has 0 aromatic carbocycles. The molecule has 1 heterocycles. The van der Waals surface area contributed by atoms with Gasteiger partial charge in [0.2, 0.25) is 0 Å². The molecule has 4 nitrogen and oxygen atoms in total. The van der Waals surface area contributed by atoms with E-state index in [1.165, 1.54) is 0 Å². The van der Waals surface area contributed by atoms with Gasteiger partial charge in [-0.2, -0.15) is 5.26 Å². The fourth-order valence-electron chi connectivity index (χ4n) is 1.71. The molecule has 1 aromatic heterocycles. The highest BCUT2D eigenvalue weighted by Gasteiger charge is 2.08. The fourth-order valence-corrected chi connectivity index (χ4v) is 1.71. The lowest BCUT2D eigenvalue weighted by Crippen LogP contribution is -2.31. The normalized spacial score (nSPS) is 10.8. The van der Waals surface area contributed by atoms with Gasteiger partial charge in [0.05, 0.1) is 5.56 Å². The number of hydrogen-bond acceptors (Lipinski definition) is 4. The second-order valence-electron chi connectivity index (χ2n) is 4.92. The molecule has 98 valence electrons. The Hall–Kier alpha value is -1.60. The molecule has 0 spiro atoms. The van der Waals surface area contributed by atoms with Crippen molar-refractivity contribution < 1.29 is 0 Å². The van der Waals surface area contributed by atoms with E-state index in [0.29, 0.717) is 17.4 Å². The average molecular weight is 246 g/mol. The number of anilines is 1. The standard InChI is InChI=1S/C14H22N4/c1-10(2)18(5)7-6-16-14-13(9-15)11(3)8-12(4)17-14/h8,10H,6-7H2,1-5H3,(H,16,17). The lowest BCUT2D eigenvalue weighted by molar-refractivity contribution is 0.284. The molecule has 4 heteroatoms. The highest BCUT2D eigenvalue weighted by atomic mass is 15.1. The number of nitrogens with one attached hydrogen (secondary N) is 1. The van der Waals surface area contributed by atoms with Crippen molar-refractivity contribution in [2.45, 2.75) is 33.7 Å². The Bertz CT molecular complexity index is 446. The van der Waals surface area contributed by atoms with Gasteiger partial charge in [0.25, 0.3) is 0 Å². The predicted octanol–water partition coefficient (Wildman–Crippen LogP) is 2.32. The first-order valence-corrected chi connectivity index (χ1v) is 6.28. The van der Waals surface area contributed by atoms with Crippen molar-refractivity contribution in [1.82, 2.24) is 9.88 Å². The molecule has 0 bridgehead atoms. The quantitative estimate of drug-likeness (QED) is 0.866. The minimum Gasteiger partial charge on any atom is -0.368 e. The van der Waals surface area contributed by atoms with Crippen molar-refractivity contribution in [3.8, 4) is 6.07 Å². The van der Waals surface area contributed by atoms with Crippen molar-refractivity contribution in [3.63, 3.8) is 0 Å². The Morgan fingerprint density at radius 3 is 2.67 bits per heavy atom. The van der Waals surface area contributed by atoms with Crippen molar-refractivity contribution >= 4 is 5.82 Å². The summed E-state index contributed by atoms with van der Waals surface area (Å²) < 4.78 is 0. The first kappa shape index (κ1) is 14.5. The number of aryl methyl sites for hydroxylation is 2. The largest absolute Gasteiger partial charge is 0.368 e. The van der Waals surface area contributed by atoms with Crippen LogP contribution in [0, 0.1) is 25.2 Å². The van der Waals surface area contributed by atoms with Crippen molar-refractivity contribution in [2.75, 3.05) is 25.5 Å². The minimum absolute atomic E-state index is 0.523. The third kappa shape index (κ3) is 3.71. The predicted molar refractivity (Wildman–Crippen MR) is 74.7 cm³/mol. The Morgan fingerprint density at radius 1 is 1.44 bits per heavy atom. The summed E-state index contributed by atoms with van der Waals surface area (Å²) in [5.74, 6) is 0.701. The first-order valence-electron chi connectivity index (χ1n) is 6.28. The monoisotopic (exact) mass is 246 g/mol. The smallest absolute Gasteiger partial charge is 0.144 e. The summed E-state index contributed by atoms with van der Waals surface area (Å²) in [5.41, 5.74) is 2.56. The highest BCUT2D eigenvalue weighted by molar-refractivity contribution is 5.56. The van der Waals surface area contributed by atoms with Gasteiger partial charge in [-0.1, -0.05) is 0 Å². The number of aromatic nitrogens is 1. The molecule has 1 aromatic rings. The van der Waals surface area contributed by atoms with Gasteiger partial charge < -0.3 is 10.2 Å². The summed E-state index contributed by atoms with van der Waals surface area (Å²) in [5, 5.41) is 12.4. The molecule has 0 aliphatic rings. The van der Waals surface area contributed by atoms with Crippen molar-refractivity contribution in [3.05, 3.63) is 22.9 Å². The lowest BCUT2D eigenvalue weighted by Gasteiger charge is -2.21. The summed E-state index contributed by atoms with van der Waals surface area (Å²) in [4.78, 5) is 6.65. The summed E-state index contributed by atoms with van der Waals surface area (Å²) >= 11 is 0. The van der Waals surface area contributed by atoms with Crippen LogP contribution in [0.1, 0.15) is 30.7 Å². The van der Waals surface area contributed by atoms with E-state index < -0.39 is 0 Å². The third-order valence-electron chi connectivity index (χ3n) is 3.09. The number of hydrogen-bond donors (Lipinski definition) is 1. The van der Waals surface area contributed by atoms with Gasteiger partial charge in [-0.05, 0) is 46.4 Å². The molecule has 0 aliphatic carbocycles. The van der Waals surface area contributed by atoms with E-state index >= 15 is 0 Å². The van der Waals surface area contributed by atoms with Crippen LogP contribution in [0.5, 0.6) is 0 Å². The maximum atomic E-state index is 9.15. The van der Waals surface area contributed by atoms with Crippen LogP contribution in [0.25, 0.3) is 0 Å². The van der Waals surface area contributed by atoms with Crippen LogP contribution in [0.15, 0.2) is 6.07 Å². The molecule has 0 saturated heterocycles. The molecule has 18 heavy (non-hydrogen) atoms. The van der Waals surface area contributed by atoms with E-state index in [4.69, 9.17) is 5.26 Å². The molecule has 0 fully saturated rings.